The highest BCUT2D eigenvalue weighted by atomic mass is 32.2. The summed E-state index contributed by atoms with van der Waals surface area (Å²) >= 11 is 0.925. The average Bonchev–Trinajstić information content (AvgIpc) is 2.96. The summed E-state index contributed by atoms with van der Waals surface area (Å²) in [5.41, 5.74) is 0.822. The molecule has 1 saturated heterocycles. The van der Waals surface area contributed by atoms with Gasteiger partial charge in [0, 0.05) is 13.0 Å². The van der Waals surface area contributed by atoms with Crippen molar-refractivity contribution in [3.8, 4) is 5.75 Å². The van der Waals surface area contributed by atoms with Crippen molar-refractivity contribution in [3.63, 3.8) is 0 Å². The van der Waals surface area contributed by atoms with E-state index in [9.17, 15) is 14.4 Å². The number of esters is 1. The van der Waals surface area contributed by atoms with E-state index in [4.69, 9.17) is 9.47 Å². The summed E-state index contributed by atoms with van der Waals surface area (Å²) < 4.78 is 10.6. The van der Waals surface area contributed by atoms with Crippen LogP contribution >= 0.6 is 11.8 Å². The van der Waals surface area contributed by atoms with Crippen LogP contribution in [0.5, 0.6) is 5.75 Å². The second-order valence-corrected chi connectivity index (χ2v) is 7.95. The maximum atomic E-state index is 12.5. The van der Waals surface area contributed by atoms with Gasteiger partial charge in [0.2, 0.25) is 0 Å². The molecule has 1 aromatic carbocycles. The fourth-order valence-corrected chi connectivity index (χ4v) is 4.22. The molecule has 2 aliphatic rings. The molecule has 6 nitrogen and oxygen atoms in total. The first-order chi connectivity index (χ1) is 13.6. The molecule has 0 aromatic heterocycles. The quantitative estimate of drug-likeness (QED) is 0.497. The van der Waals surface area contributed by atoms with E-state index in [1.165, 1.54) is 11.3 Å². The Hall–Kier alpha value is -2.28. The number of imide groups is 1. The number of methoxy groups -OCH3 is 1. The molecule has 2 amide bonds. The maximum Gasteiger partial charge on any atom is 0.306 e. The fraction of sp³-hybridized carbons (Fsp3) is 0.476. The molecular weight excluding hydrogens is 378 g/mol. The molecule has 2 fully saturated rings. The lowest BCUT2D eigenvalue weighted by atomic mass is 9.98. The Morgan fingerprint density at radius 2 is 1.89 bits per heavy atom. The topological polar surface area (TPSA) is 72.9 Å². The minimum Gasteiger partial charge on any atom is -0.497 e. The zero-order valence-corrected chi connectivity index (χ0v) is 16.8. The molecule has 3 rings (SSSR count). The van der Waals surface area contributed by atoms with Crippen molar-refractivity contribution < 1.29 is 23.9 Å². The van der Waals surface area contributed by atoms with Crippen LogP contribution in [0.2, 0.25) is 0 Å². The Morgan fingerprint density at radius 3 is 2.57 bits per heavy atom. The van der Waals surface area contributed by atoms with Crippen LogP contribution in [0.4, 0.5) is 4.79 Å². The molecular formula is C21H25NO5S. The van der Waals surface area contributed by atoms with Gasteiger partial charge in [-0.15, -0.1) is 0 Å². The lowest BCUT2D eigenvalue weighted by Crippen LogP contribution is -2.30. The summed E-state index contributed by atoms with van der Waals surface area (Å²) in [5, 5.41) is -0.301. The standard InChI is InChI=1S/C21H25NO5S/c1-26-16-11-9-15(10-12-16)14-18-20(24)22(21(25)28-18)13-5-8-19(23)27-17-6-3-2-4-7-17/h9-12,14,17H,2-8,13H2,1H3. The summed E-state index contributed by atoms with van der Waals surface area (Å²) in [4.78, 5) is 38.2. The van der Waals surface area contributed by atoms with Crippen molar-refractivity contribution in [2.24, 2.45) is 0 Å². The van der Waals surface area contributed by atoms with Crippen LogP contribution in [0.15, 0.2) is 29.2 Å². The Balaban J connectivity index is 1.49. The third kappa shape index (κ3) is 5.38. The van der Waals surface area contributed by atoms with E-state index in [2.05, 4.69) is 0 Å². The van der Waals surface area contributed by atoms with Crippen molar-refractivity contribution in [1.82, 2.24) is 4.90 Å². The van der Waals surface area contributed by atoms with Crippen LogP contribution in [0.3, 0.4) is 0 Å². The monoisotopic (exact) mass is 403 g/mol. The summed E-state index contributed by atoms with van der Waals surface area (Å²) in [6.07, 6.45) is 7.65. The number of rotatable bonds is 7. The van der Waals surface area contributed by atoms with Crippen molar-refractivity contribution in [3.05, 3.63) is 34.7 Å². The second-order valence-electron chi connectivity index (χ2n) is 6.96. The summed E-state index contributed by atoms with van der Waals surface area (Å²) in [6.45, 7) is 0.227. The SMILES string of the molecule is COc1ccc(C=C2SC(=O)N(CCCC(=O)OC3CCCCC3)C2=O)cc1. The summed E-state index contributed by atoms with van der Waals surface area (Å²) in [5.74, 6) is 0.171. The first kappa shape index (κ1) is 20.5. The number of thioether (sulfide) groups is 1. The molecule has 1 heterocycles. The van der Waals surface area contributed by atoms with E-state index in [0.29, 0.717) is 11.3 Å². The smallest absolute Gasteiger partial charge is 0.306 e. The fourth-order valence-electron chi connectivity index (χ4n) is 3.35. The Labute approximate surface area is 169 Å². The third-order valence-corrected chi connectivity index (χ3v) is 5.81. The van der Waals surface area contributed by atoms with Gasteiger partial charge in [-0.3, -0.25) is 19.3 Å². The van der Waals surface area contributed by atoms with Crippen molar-refractivity contribution >= 4 is 35.0 Å². The first-order valence-corrected chi connectivity index (χ1v) is 10.5. The van der Waals surface area contributed by atoms with Gasteiger partial charge in [-0.2, -0.15) is 0 Å². The van der Waals surface area contributed by atoms with Crippen LogP contribution in [-0.2, 0) is 14.3 Å². The Morgan fingerprint density at radius 1 is 1.18 bits per heavy atom. The van der Waals surface area contributed by atoms with Crippen LogP contribution in [-0.4, -0.2) is 41.8 Å². The van der Waals surface area contributed by atoms with Gasteiger partial charge in [0.15, 0.2) is 0 Å². The minimum absolute atomic E-state index is 0.0332. The number of carbonyl (C=O) groups is 3. The average molecular weight is 404 g/mol. The van der Waals surface area contributed by atoms with E-state index in [-0.39, 0.29) is 36.2 Å². The molecule has 1 aliphatic heterocycles. The molecule has 1 aromatic rings. The van der Waals surface area contributed by atoms with Gasteiger partial charge in [-0.05, 0) is 67.6 Å². The van der Waals surface area contributed by atoms with Crippen LogP contribution in [0.25, 0.3) is 6.08 Å². The number of carbonyl (C=O) groups excluding carboxylic acids is 3. The highest BCUT2D eigenvalue weighted by Crippen LogP contribution is 2.32. The van der Waals surface area contributed by atoms with E-state index in [1.54, 1.807) is 25.3 Å². The Bertz CT molecular complexity index is 753. The zero-order valence-electron chi connectivity index (χ0n) is 16.0. The molecule has 1 saturated carbocycles. The third-order valence-electron chi connectivity index (χ3n) is 4.90. The number of hydrogen-bond donors (Lipinski definition) is 0. The highest BCUT2D eigenvalue weighted by Gasteiger charge is 2.34. The van der Waals surface area contributed by atoms with Gasteiger partial charge in [-0.1, -0.05) is 18.6 Å². The van der Waals surface area contributed by atoms with Crippen molar-refractivity contribution in [2.75, 3.05) is 13.7 Å². The molecule has 7 heteroatoms. The number of benzene rings is 1. The van der Waals surface area contributed by atoms with Crippen LogP contribution in [0.1, 0.15) is 50.5 Å². The molecule has 0 unspecified atom stereocenters. The van der Waals surface area contributed by atoms with E-state index < -0.39 is 0 Å². The van der Waals surface area contributed by atoms with Gasteiger partial charge in [-0.25, -0.2) is 0 Å². The molecule has 150 valence electrons. The van der Waals surface area contributed by atoms with Gasteiger partial charge >= 0.3 is 5.97 Å². The van der Waals surface area contributed by atoms with E-state index >= 15 is 0 Å². The van der Waals surface area contributed by atoms with E-state index in [0.717, 1.165) is 48.8 Å². The zero-order chi connectivity index (χ0) is 19.9. The maximum absolute atomic E-state index is 12.5. The van der Waals surface area contributed by atoms with Gasteiger partial charge in [0.1, 0.15) is 11.9 Å². The Kier molecular flexibility index (Phi) is 7.14. The van der Waals surface area contributed by atoms with E-state index in [1.807, 2.05) is 12.1 Å². The molecule has 28 heavy (non-hydrogen) atoms. The van der Waals surface area contributed by atoms with Crippen LogP contribution in [0, 0.1) is 0 Å². The van der Waals surface area contributed by atoms with Gasteiger partial charge < -0.3 is 9.47 Å². The predicted molar refractivity (Wildman–Crippen MR) is 108 cm³/mol. The van der Waals surface area contributed by atoms with Crippen molar-refractivity contribution in [1.29, 1.82) is 0 Å². The first-order valence-electron chi connectivity index (χ1n) is 9.66. The number of amides is 2. The number of hydrogen-bond acceptors (Lipinski definition) is 6. The number of nitrogens with zero attached hydrogens (tertiary/aromatic N) is 1. The predicted octanol–water partition coefficient (Wildman–Crippen LogP) is 4.39. The second kappa shape index (κ2) is 9.78. The highest BCUT2D eigenvalue weighted by molar-refractivity contribution is 8.18. The molecule has 0 bridgehead atoms. The lowest BCUT2D eigenvalue weighted by molar-refractivity contribution is -0.150. The summed E-state index contributed by atoms with van der Waals surface area (Å²) in [7, 11) is 1.59. The minimum atomic E-state index is -0.313. The van der Waals surface area contributed by atoms with Crippen LogP contribution < -0.4 is 4.74 Å². The van der Waals surface area contributed by atoms with Crippen molar-refractivity contribution in [2.45, 2.75) is 51.0 Å². The normalized spacial score (nSPS) is 19.3. The molecule has 0 N–H and O–H groups in total. The van der Waals surface area contributed by atoms with Gasteiger partial charge in [0.25, 0.3) is 11.1 Å². The number of ether oxygens (including phenoxy) is 2. The molecule has 0 radical (unpaired) electrons. The molecule has 1 aliphatic carbocycles. The largest absolute Gasteiger partial charge is 0.497 e. The van der Waals surface area contributed by atoms with Gasteiger partial charge in [0.05, 0.1) is 12.0 Å². The summed E-state index contributed by atoms with van der Waals surface area (Å²) in [6, 6.07) is 7.25. The molecule has 0 spiro atoms. The molecule has 0 atom stereocenters. The lowest BCUT2D eigenvalue weighted by Gasteiger charge is -2.22.